The molecule has 0 fully saturated rings. The number of aromatic nitrogens is 3. The Morgan fingerprint density at radius 1 is 1.33 bits per heavy atom. The summed E-state index contributed by atoms with van der Waals surface area (Å²) in [6.07, 6.45) is 5.22. The van der Waals surface area contributed by atoms with E-state index in [0.29, 0.717) is 6.54 Å². The van der Waals surface area contributed by atoms with E-state index >= 15 is 0 Å². The van der Waals surface area contributed by atoms with Crippen molar-refractivity contribution < 1.29 is 4.92 Å². The van der Waals surface area contributed by atoms with Gasteiger partial charge in [-0.1, -0.05) is 11.3 Å². The van der Waals surface area contributed by atoms with Gasteiger partial charge in [-0.05, 0) is 24.3 Å². The average Bonchev–Trinajstić information content (AvgIpc) is 3.17. The molecule has 0 amide bonds. The summed E-state index contributed by atoms with van der Waals surface area (Å²) in [6.45, 7) is 0.529. The quantitative estimate of drug-likeness (QED) is 0.578. The van der Waals surface area contributed by atoms with E-state index in [4.69, 9.17) is 0 Å². The molecule has 0 bridgehead atoms. The number of hydrogen-bond donors (Lipinski definition) is 1. The molecule has 8 heteroatoms. The predicted octanol–water partition coefficient (Wildman–Crippen LogP) is 2.85. The van der Waals surface area contributed by atoms with Gasteiger partial charge in [0.1, 0.15) is 0 Å². The SMILES string of the molecule is O=[N+]([O-])c1ccc(CNc2ccc(-n3cccn3)nc2)s1. The van der Waals surface area contributed by atoms with Crippen molar-refractivity contribution in [2.75, 3.05) is 5.32 Å². The van der Waals surface area contributed by atoms with Gasteiger partial charge < -0.3 is 5.32 Å². The maximum absolute atomic E-state index is 10.6. The average molecular weight is 301 g/mol. The number of rotatable bonds is 5. The molecule has 1 N–H and O–H groups in total. The van der Waals surface area contributed by atoms with Crippen molar-refractivity contribution in [1.82, 2.24) is 14.8 Å². The highest BCUT2D eigenvalue weighted by molar-refractivity contribution is 7.15. The summed E-state index contributed by atoms with van der Waals surface area (Å²) >= 11 is 1.17. The lowest BCUT2D eigenvalue weighted by atomic mass is 10.4. The zero-order valence-electron chi connectivity index (χ0n) is 10.8. The van der Waals surface area contributed by atoms with Crippen LogP contribution in [0.3, 0.4) is 0 Å². The maximum Gasteiger partial charge on any atom is 0.324 e. The van der Waals surface area contributed by atoms with Crippen molar-refractivity contribution in [3.63, 3.8) is 0 Å². The zero-order chi connectivity index (χ0) is 14.7. The second kappa shape index (κ2) is 5.71. The predicted molar refractivity (Wildman–Crippen MR) is 79.7 cm³/mol. The molecule has 0 saturated heterocycles. The lowest BCUT2D eigenvalue weighted by Crippen LogP contribution is -2.01. The number of nitrogens with zero attached hydrogens (tertiary/aromatic N) is 4. The Bertz CT molecular complexity index is 736. The van der Waals surface area contributed by atoms with Crippen LogP contribution in [0.2, 0.25) is 0 Å². The molecule has 3 heterocycles. The molecule has 3 aromatic heterocycles. The first-order valence-electron chi connectivity index (χ1n) is 6.15. The standard InChI is InChI=1S/C13H11N5O2S/c19-18(20)13-5-3-11(21-13)9-14-10-2-4-12(15-8-10)17-7-1-6-16-17/h1-8,14H,9H2. The molecule has 3 aromatic rings. The molecule has 0 spiro atoms. The van der Waals surface area contributed by atoms with Crippen LogP contribution in [0.5, 0.6) is 0 Å². The number of nitrogens with one attached hydrogen (secondary N) is 1. The highest BCUT2D eigenvalue weighted by atomic mass is 32.1. The highest BCUT2D eigenvalue weighted by Crippen LogP contribution is 2.24. The molecule has 3 rings (SSSR count). The molecule has 0 aliphatic carbocycles. The van der Waals surface area contributed by atoms with Gasteiger partial charge in [-0.15, -0.1) is 0 Å². The van der Waals surface area contributed by atoms with Crippen molar-refractivity contribution in [3.8, 4) is 5.82 Å². The van der Waals surface area contributed by atoms with E-state index in [2.05, 4.69) is 15.4 Å². The van der Waals surface area contributed by atoms with E-state index in [1.54, 1.807) is 23.1 Å². The molecule has 0 unspecified atom stereocenters. The fourth-order valence-corrected chi connectivity index (χ4v) is 2.54. The maximum atomic E-state index is 10.6. The van der Waals surface area contributed by atoms with Gasteiger partial charge in [0.05, 0.1) is 16.8 Å². The van der Waals surface area contributed by atoms with Gasteiger partial charge in [0.15, 0.2) is 5.82 Å². The van der Waals surface area contributed by atoms with Crippen LogP contribution in [0.25, 0.3) is 5.82 Å². The number of thiophene rings is 1. The summed E-state index contributed by atoms with van der Waals surface area (Å²) in [7, 11) is 0. The van der Waals surface area contributed by atoms with Gasteiger partial charge in [0.25, 0.3) is 0 Å². The third kappa shape index (κ3) is 3.06. The molecule has 7 nitrogen and oxygen atoms in total. The van der Waals surface area contributed by atoms with E-state index in [1.807, 2.05) is 24.4 Å². The lowest BCUT2D eigenvalue weighted by Gasteiger charge is -2.05. The largest absolute Gasteiger partial charge is 0.379 e. The minimum Gasteiger partial charge on any atom is -0.379 e. The molecule has 0 aliphatic rings. The molecule has 0 aromatic carbocycles. The normalized spacial score (nSPS) is 10.5. The highest BCUT2D eigenvalue weighted by Gasteiger charge is 2.09. The van der Waals surface area contributed by atoms with Crippen LogP contribution < -0.4 is 5.32 Å². The summed E-state index contributed by atoms with van der Waals surface area (Å²) in [5.74, 6) is 0.734. The minimum absolute atomic E-state index is 0.152. The van der Waals surface area contributed by atoms with Gasteiger partial charge in [0, 0.05) is 29.9 Å². The van der Waals surface area contributed by atoms with Gasteiger partial charge in [-0.2, -0.15) is 5.10 Å². The van der Waals surface area contributed by atoms with Crippen LogP contribution in [0.15, 0.2) is 48.9 Å². The van der Waals surface area contributed by atoms with Gasteiger partial charge in [-0.3, -0.25) is 10.1 Å². The summed E-state index contributed by atoms with van der Waals surface area (Å²) in [5.41, 5.74) is 0.849. The Balaban J connectivity index is 1.64. The van der Waals surface area contributed by atoms with E-state index in [1.165, 1.54) is 17.4 Å². The van der Waals surface area contributed by atoms with Gasteiger partial charge in [0.2, 0.25) is 0 Å². The number of pyridine rings is 1. The van der Waals surface area contributed by atoms with Crippen molar-refractivity contribution in [3.05, 3.63) is 63.9 Å². The first-order chi connectivity index (χ1) is 10.2. The molecular weight excluding hydrogens is 290 g/mol. The summed E-state index contributed by atoms with van der Waals surface area (Å²) in [6, 6.07) is 8.85. The van der Waals surface area contributed by atoms with Crippen LogP contribution in [0, 0.1) is 10.1 Å². The first-order valence-corrected chi connectivity index (χ1v) is 6.97. The number of nitro groups is 1. The number of hydrogen-bond acceptors (Lipinski definition) is 6. The third-order valence-electron chi connectivity index (χ3n) is 2.78. The second-order valence-corrected chi connectivity index (χ2v) is 5.35. The van der Waals surface area contributed by atoms with Crippen LogP contribution in [0.1, 0.15) is 4.88 Å². The van der Waals surface area contributed by atoms with Crippen molar-refractivity contribution in [1.29, 1.82) is 0 Å². The van der Waals surface area contributed by atoms with E-state index in [9.17, 15) is 10.1 Å². The smallest absolute Gasteiger partial charge is 0.324 e. The number of anilines is 1. The molecule has 0 aliphatic heterocycles. The molecule has 0 radical (unpaired) electrons. The van der Waals surface area contributed by atoms with Crippen LogP contribution in [0.4, 0.5) is 10.7 Å². The Labute approximate surface area is 124 Å². The fraction of sp³-hybridized carbons (Fsp3) is 0.0769. The Kier molecular flexibility index (Phi) is 3.61. The topological polar surface area (TPSA) is 85.9 Å². The third-order valence-corrected chi connectivity index (χ3v) is 3.82. The fourth-order valence-electron chi connectivity index (χ4n) is 1.78. The monoisotopic (exact) mass is 301 g/mol. The van der Waals surface area contributed by atoms with E-state index in [0.717, 1.165) is 16.4 Å². The molecule has 106 valence electrons. The Hall–Kier alpha value is -2.74. The summed E-state index contributed by atoms with van der Waals surface area (Å²) in [5, 5.41) is 18.0. The van der Waals surface area contributed by atoms with Crippen LogP contribution in [-0.4, -0.2) is 19.7 Å². The van der Waals surface area contributed by atoms with Gasteiger partial charge >= 0.3 is 5.00 Å². The summed E-state index contributed by atoms with van der Waals surface area (Å²) < 4.78 is 1.67. The molecule has 0 saturated carbocycles. The van der Waals surface area contributed by atoms with Crippen LogP contribution >= 0.6 is 11.3 Å². The second-order valence-electron chi connectivity index (χ2n) is 4.21. The van der Waals surface area contributed by atoms with Crippen molar-refractivity contribution >= 4 is 22.0 Å². The van der Waals surface area contributed by atoms with Crippen molar-refractivity contribution in [2.24, 2.45) is 0 Å². The van der Waals surface area contributed by atoms with Crippen LogP contribution in [-0.2, 0) is 6.54 Å². The van der Waals surface area contributed by atoms with E-state index in [-0.39, 0.29) is 9.92 Å². The zero-order valence-corrected chi connectivity index (χ0v) is 11.7. The lowest BCUT2D eigenvalue weighted by molar-refractivity contribution is -0.380. The Morgan fingerprint density at radius 2 is 2.24 bits per heavy atom. The first kappa shape index (κ1) is 13.3. The summed E-state index contributed by atoms with van der Waals surface area (Å²) in [4.78, 5) is 15.4. The molecular formula is C13H11N5O2S. The molecule has 21 heavy (non-hydrogen) atoms. The molecule has 0 atom stereocenters. The van der Waals surface area contributed by atoms with Crippen molar-refractivity contribution in [2.45, 2.75) is 6.54 Å². The van der Waals surface area contributed by atoms with Gasteiger partial charge in [-0.25, -0.2) is 9.67 Å². The Morgan fingerprint density at radius 3 is 2.86 bits per heavy atom. The minimum atomic E-state index is -0.380. The van der Waals surface area contributed by atoms with E-state index < -0.39 is 0 Å².